The molecule has 4 heteroatoms. The van der Waals surface area contributed by atoms with Crippen LogP contribution in [0.3, 0.4) is 0 Å². The van der Waals surface area contributed by atoms with Crippen molar-refractivity contribution in [2.24, 2.45) is 11.8 Å². The van der Waals surface area contributed by atoms with Gasteiger partial charge in [0, 0.05) is 18.4 Å². The van der Waals surface area contributed by atoms with Crippen molar-refractivity contribution in [3.8, 4) is 0 Å². The Bertz CT molecular complexity index is 788. The van der Waals surface area contributed by atoms with Gasteiger partial charge in [0.15, 0.2) is 0 Å². The van der Waals surface area contributed by atoms with Gasteiger partial charge in [-0.05, 0) is 21.8 Å². The Balaban J connectivity index is 1.75. The van der Waals surface area contributed by atoms with E-state index in [0.29, 0.717) is 0 Å². The molecular weight excluding hydrogens is 364 g/mol. The van der Waals surface area contributed by atoms with Gasteiger partial charge in [0.25, 0.3) is 8.32 Å². The van der Waals surface area contributed by atoms with Crippen molar-refractivity contribution in [3.05, 3.63) is 60.7 Å². The van der Waals surface area contributed by atoms with Gasteiger partial charge in [-0.3, -0.25) is 4.79 Å². The summed E-state index contributed by atoms with van der Waals surface area (Å²) in [6.45, 7) is 8.91. The molecule has 2 fully saturated rings. The molecule has 0 spiro atoms. The van der Waals surface area contributed by atoms with Crippen LogP contribution in [-0.2, 0) is 14.0 Å². The molecule has 4 rings (SSSR count). The van der Waals surface area contributed by atoms with E-state index in [-0.39, 0.29) is 35.1 Å². The number of hydrogen-bond acceptors (Lipinski definition) is 3. The molecule has 0 bridgehead atoms. The van der Waals surface area contributed by atoms with Crippen LogP contribution in [0.15, 0.2) is 60.7 Å². The SMILES string of the molecule is C[C@H]1C(=O)O[C@H]2C[C@H](O[Si](c3ccccc3)(c3ccccc3)C(C)(C)C)C[C@H]21. The van der Waals surface area contributed by atoms with E-state index in [1.54, 1.807) is 0 Å². The van der Waals surface area contributed by atoms with Crippen LogP contribution in [-0.4, -0.2) is 26.5 Å². The first-order valence-electron chi connectivity index (χ1n) is 10.3. The number of rotatable bonds is 4. The number of carbonyl (C=O) groups is 1. The molecule has 1 saturated heterocycles. The lowest BCUT2D eigenvalue weighted by molar-refractivity contribution is -0.144. The number of ether oxygens (including phenoxy) is 1. The van der Waals surface area contributed by atoms with Crippen LogP contribution in [0, 0.1) is 11.8 Å². The summed E-state index contributed by atoms with van der Waals surface area (Å²) in [5.74, 6) is 0.229. The summed E-state index contributed by atoms with van der Waals surface area (Å²) in [5, 5.41) is 2.57. The first-order chi connectivity index (χ1) is 13.3. The maximum absolute atomic E-state index is 11.9. The third-order valence-corrected chi connectivity index (χ3v) is 11.6. The fourth-order valence-corrected chi connectivity index (χ4v) is 9.82. The monoisotopic (exact) mass is 394 g/mol. The number of hydrogen-bond donors (Lipinski definition) is 0. The fourth-order valence-electron chi connectivity index (χ4n) is 5.12. The van der Waals surface area contributed by atoms with Gasteiger partial charge in [-0.15, -0.1) is 0 Å². The number of benzene rings is 2. The summed E-state index contributed by atoms with van der Waals surface area (Å²) >= 11 is 0. The number of fused-ring (bicyclic) bond motifs is 1. The molecule has 4 atom stereocenters. The third-order valence-electron chi connectivity index (χ3n) is 6.55. The van der Waals surface area contributed by atoms with E-state index in [1.807, 2.05) is 6.92 Å². The summed E-state index contributed by atoms with van der Waals surface area (Å²) < 4.78 is 12.8. The van der Waals surface area contributed by atoms with Gasteiger partial charge in [-0.25, -0.2) is 0 Å². The molecular formula is C24H30O3Si. The zero-order valence-corrected chi connectivity index (χ0v) is 18.2. The molecule has 0 aromatic heterocycles. The Labute approximate surface area is 169 Å². The maximum Gasteiger partial charge on any atom is 0.309 e. The van der Waals surface area contributed by atoms with E-state index < -0.39 is 8.32 Å². The lowest BCUT2D eigenvalue weighted by Gasteiger charge is -2.44. The molecule has 0 N–H and O–H groups in total. The van der Waals surface area contributed by atoms with Crippen LogP contribution >= 0.6 is 0 Å². The Morgan fingerprint density at radius 2 is 1.46 bits per heavy atom. The van der Waals surface area contributed by atoms with Crippen molar-refractivity contribution in [1.29, 1.82) is 0 Å². The molecule has 1 saturated carbocycles. The quantitative estimate of drug-likeness (QED) is 0.583. The standard InChI is InChI=1S/C24H30O3Si/c1-17-21-15-18(16-22(21)26-23(17)25)27-28(24(2,3)4,19-11-7-5-8-12-19)20-13-9-6-10-14-20/h5-14,17-18,21-22H,15-16H2,1-4H3/t17-,18-,21+,22+/m1/s1. The maximum atomic E-state index is 11.9. The lowest BCUT2D eigenvalue weighted by Crippen LogP contribution is -2.67. The van der Waals surface area contributed by atoms with Gasteiger partial charge < -0.3 is 9.16 Å². The van der Waals surface area contributed by atoms with Gasteiger partial charge in [0.05, 0.1) is 5.92 Å². The minimum Gasteiger partial charge on any atom is -0.462 e. The highest BCUT2D eigenvalue weighted by molar-refractivity contribution is 6.99. The Morgan fingerprint density at radius 3 is 1.93 bits per heavy atom. The van der Waals surface area contributed by atoms with Crippen LogP contribution in [0.4, 0.5) is 0 Å². The van der Waals surface area contributed by atoms with E-state index in [9.17, 15) is 4.79 Å². The molecule has 3 nitrogen and oxygen atoms in total. The van der Waals surface area contributed by atoms with Gasteiger partial charge in [-0.1, -0.05) is 88.4 Å². The highest BCUT2D eigenvalue weighted by Gasteiger charge is 2.55. The zero-order chi connectivity index (χ0) is 19.9. The topological polar surface area (TPSA) is 35.5 Å². The van der Waals surface area contributed by atoms with Gasteiger partial charge in [0.1, 0.15) is 6.10 Å². The van der Waals surface area contributed by atoms with Gasteiger partial charge >= 0.3 is 5.97 Å². The van der Waals surface area contributed by atoms with Crippen LogP contribution in [0.25, 0.3) is 0 Å². The number of esters is 1. The van der Waals surface area contributed by atoms with Crippen molar-refractivity contribution >= 4 is 24.7 Å². The molecule has 148 valence electrons. The average molecular weight is 395 g/mol. The van der Waals surface area contributed by atoms with Crippen LogP contribution in [0.1, 0.15) is 40.5 Å². The summed E-state index contributed by atoms with van der Waals surface area (Å²) in [5.41, 5.74) is 0. The third kappa shape index (κ3) is 3.13. The Hall–Kier alpha value is -1.91. The van der Waals surface area contributed by atoms with E-state index in [4.69, 9.17) is 9.16 Å². The van der Waals surface area contributed by atoms with Crippen molar-refractivity contribution in [2.45, 2.75) is 57.8 Å². The van der Waals surface area contributed by atoms with Crippen molar-refractivity contribution in [2.75, 3.05) is 0 Å². The van der Waals surface area contributed by atoms with E-state index in [0.717, 1.165) is 12.8 Å². The first kappa shape index (κ1) is 19.4. The summed E-state index contributed by atoms with van der Waals surface area (Å²) in [6.07, 6.45) is 1.86. The minimum atomic E-state index is -2.54. The Kier molecular flexibility index (Phi) is 4.96. The van der Waals surface area contributed by atoms with Crippen molar-refractivity contribution < 1.29 is 14.0 Å². The molecule has 1 aliphatic heterocycles. The van der Waals surface area contributed by atoms with Gasteiger partial charge in [-0.2, -0.15) is 0 Å². The molecule has 0 radical (unpaired) electrons. The average Bonchev–Trinajstić information content (AvgIpc) is 3.18. The van der Waals surface area contributed by atoms with Crippen molar-refractivity contribution in [1.82, 2.24) is 0 Å². The predicted molar refractivity (Wildman–Crippen MR) is 114 cm³/mol. The van der Waals surface area contributed by atoms with Crippen molar-refractivity contribution in [3.63, 3.8) is 0 Å². The highest BCUT2D eigenvalue weighted by atomic mass is 28.4. The first-order valence-corrected chi connectivity index (χ1v) is 12.2. The summed E-state index contributed by atoms with van der Waals surface area (Å²) in [4.78, 5) is 11.9. The van der Waals surface area contributed by atoms with E-state index in [1.165, 1.54) is 10.4 Å². The van der Waals surface area contributed by atoms with Crippen LogP contribution in [0.5, 0.6) is 0 Å². The fraction of sp³-hybridized carbons (Fsp3) is 0.458. The number of carbonyl (C=O) groups excluding carboxylic acids is 1. The Morgan fingerprint density at radius 1 is 0.929 bits per heavy atom. The zero-order valence-electron chi connectivity index (χ0n) is 17.2. The largest absolute Gasteiger partial charge is 0.462 e. The molecule has 2 aliphatic rings. The second-order valence-corrected chi connectivity index (χ2v) is 13.6. The van der Waals surface area contributed by atoms with Gasteiger partial charge in [0.2, 0.25) is 0 Å². The smallest absolute Gasteiger partial charge is 0.309 e. The normalized spacial score (nSPS) is 27.5. The lowest BCUT2D eigenvalue weighted by atomic mass is 9.94. The molecule has 2 aromatic rings. The molecule has 1 aliphatic carbocycles. The van der Waals surface area contributed by atoms with Crippen LogP contribution in [0.2, 0.25) is 5.04 Å². The summed E-state index contributed by atoms with van der Waals surface area (Å²) in [6, 6.07) is 21.5. The van der Waals surface area contributed by atoms with E-state index in [2.05, 4.69) is 81.4 Å². The molecule has 2 aromatic carbocycles. The predicted octanol–water partition coefficient (Wildman–Crippen LogP) is 3.90. The molecule has 28 heavy (non-hydrogen) atoms. The highest BCUT2D eigenvalue weighted by Crippen LogP contribution is 2.45. The molecule has 0 unspecified atom stereocenters. The molecule has 1 heterocycles. The minimum absolute atomic E-state index is 0.0160. The van der Waals surface area contributed by atoms with Crippen LogP contribution < -0.4 is 10.4 Å². The summed E-state index contributed by atoms with van der Waals surface area (Å²) in [7, 11) is -2.54. The second-order valence-electron chi connectivity index (χ2n) is 9.30. The second kappa shape index (κ2) is 7.16. The van der Waals surface area contributed by atoms with E-state index >= 15 is 0 Å². The molecule has 0 amide bonds.